The maximum atomic E-state index is 6.00. The minimum Gasteiger partial charge on any atom is -0.378 e. The van der Waals surface area contributed by atoms with Gasteiger partial charge in [-0.05, 0) is 18.3 Å². The van der Waals surface area contributed by atoms with Crippen molar-refractivity contribution in [1.29, 1.82) is 0 Å². The molecule has 94 valence electrons. The molecule has 0 aromatic carbocycles. The minimum atomic E-state index is 0. The van der Waals surface area contributed by atoms with Gasteiger partial charge in [0.2, 0.25) is 0 Å². The van der Waals surface area contributed by atoms with E-state index in [1.54, 1.807) is 0 Å². The molecule has 16 heavy (non-hydrogen) atoms. The fraction of sp³-hybridized carbons (Fsp3) is 0.909. The molecule has 4 nitrogen and oxygen atoms in total. The zero-order valence-corrected chi connectivity index (χ0v) is 12.4. The van der Waals surface area contributed by atoms with Crippen LogP contribution in [0, 0.1) is 5.41 Å². The lowest BCUT2D eigenvalue weighted by Crippen LogP contribution is -2.47. The van der Waals surface area contributed by atoms with Gasteiger partial charge in [-0.15, -0.1) is 24.0 Å². The number of guanidine groups is 1. The van der Waals surface area contributed by atoms with E-state index in [2.05, 4.69) is 23.7 Å². The molecule has 1 atom stereocenters. The SMILES string of the molecule is CC1(C)CCC1N=C(N)N1CCOCC1.I. The highest BCUT2D eigenvalue weighted by molar-refractivity contribution is 14.0. The number of hydrogen-bond acceptors (Lipinski definition) is 2. The summed E-state index contributed by atoms with van der Waals surface area (Å²) >= 11 is 0. The number of halogens is 1. The van der Waals surface area contributed by atoms with Crippen molar-refractivity contribution in [3.05, 3.63) is 0 Å². The highest BCUT2D eigenvalue weighted by Gasteiger charge is 2.38. The van der Waals surface area contributed by atoms with Crippen LogP contribution in [0.5, 0.6) is 0 Å². The van der Waals surface area contributed by atoms with E-state index in [1.807, 2.05) is 0 Å². The van der Waals surface area contributed by atoms with E-state index in [0.717, 1.165) is 26.3 Å². The summed E-state index contributed by atoms with van der Waals surface area (Å²) in [6, 6.07) is 0.417. The van der Waals surface area contributed by atoms with Gasteiger partial charge < -0.3 is 15.4 Å². The van der Waals surface area contributed by atoms with Crippen LogP contribution >= 0.6 is 24.0 Å². The van der Waals surface area contributed by atoms with Gasteiger partial charge in [-0.1, -0.05) is 13.8 Å². The summed E-state index contributed by atoms with van der Waals surface area (Å²) in [5, 5.41) is 0. The second-order valence-corrected chi connectivity index (χ2v) is 5.13. The third kappa shape index (κ3) is 3.00. The second kappa shape index (κ2) is 5.53. The molecule has 0 aromatic rings. The molecule has 2 N–H and O–H groups in total. The molecule has 1 aliphatic heterocycles. The molecule has 0 spiro atoms. The van der Waals surface area contributed by atoms with Crippen molar-refractivity contribution in [2.45, 2.75) is 32.7 Å². The van der Waals surface area contributed by atoms with Crippen LogP contribution in [0.4, 0.5) is 0 Å². The van der Waals surface area contributed by atoms with Gasteiger partial charge in [0.05, 0.1) is 19.3 Å². The summed E-state index contributed by atoms with van der Waals surface area (Å²) in [6.07, 6.45) is 2.44. The molecule has 1 aliphatic carbocycles. The van der Waals surface area contributed by atoms with Crippen LogP contribution in [0.15, 0.2) is 4.99 Å². The summed E-state index contributed by atoms with van der Waals surface area (Å²) in [5.41, 5.74) is 6.34. The Hall–Kier alpha value is -0.0400. The van der Waals surface area contributed by atoms with Crippen molar-refractivity contribution in [2.75, 3.05) is 26.3 Å². The Morgan fingerprint density at radius 2 is 2.00 bits per heavy atom. The van der Waals surface area contributed by atoms with Crippen LogP contribution in [0.3, 0.4) is 0 Å². The smallest absolute Gasteiger partial charge is 0.191 e. The predicted octanol–water partition coefficient (Wildman–Crippen LogP) is 1.44. The fourth-order valence-electron chi connectivity index (χ4n) is 2.12. The zero-order valence-electron chi connectivity index (χ0n) is 10.1. The highest BCUT2D eigenvalue weighted by Crippen LogP contribution is 2.42. The van der Waals surface area contributed by atoms with Gasteiger partial charge in [-0.3, -0.25) is 0 Å². The van der Waals surface area contributed by atoms with Crippen LogP contribution in [-0.4, -0.2) is 43.2 Å². The van der Waals surface area contributed by atoms with Gasteiger partial charge in [-0.2, -0.15) is 0 Å². The molecule has 1 saturated heterocycles. The topological polar surface area (TPSA) is 50.8 Å². The van der Waals surface area contributed by atoms with Crippen molar-refractivity contribution >= 4 is 29.9 Å². The maximum Gasteiger partial charge on any atom is 0.191 e. The molecule has 2 rings (SSSR count). The van der Waals surface area contributed by atoms with Crippen LogP contribution in [-0.2, 0) is 4.74 Å². The van der Waals surface area contributed by atoms with Gasteiger partial charge in [-0.25, -0.2) is 4.99 Å². The number of rotatable bonds is 1. The van der Waals surface area contributed by atoms with Gasteiger partial charge in [0, 0.05) is 13.1 Å². The Labute approximate surface area is 115 Å². The Bertz CT molecular complexity index is 262. The number of nitrogens with two attached hydrogens (primary N) is 1. The highest BCUT2D eigenvalue weighted by atomic mass is 127. The summed E-state index contributed by atoms with van der Waals surface area (Å²) in [5.74, 6) is 0.705. The lowest BCUT2D eigenvalue weighted by atomic mass is 9.68. The van der Waals surface area contributed by atoms with Gasteiger partial charge in [0.15, 0.2) is 5.96 Å². The van der Waals surface area contributed by atoms with E-state index in [0.29, 0.717) is 17.4 Å². The molecule has 0 aromatic heterocycles. The van der Waals surface area contributed by atoms with Gasteiger partial charge >= 0.3 is 0 Å². The summed E-state index contributed by atoms with van der Waals surface area (Å²) in [7, 11) is 0. The quantitative estimate of drug-likeness (QED) is 0.447. The number of hydrogen-bond donors (Lipinski definition) is 1. The van der Waals surface area contributed by atoms with Gasteiger partial charge in [0.25, 0.3) is 0 Å². The Kier molecular flexibility index (Phi) is 4.85. The first kappa shape index (κ1) is 14.0. The summed E-state index contributed by atoms with van der Waals surface area (Å²) in [4.78, 5) is 6.75. The molecule has 0 bridgehead atoms. The standard InChI is InChI=1S/C11H21N3O.HI/c1-11(2)4-3-9(11)13-10(12)14-5-7-15-8-6-14;/h9H,3-8H2,1-2H3,(H2,12,13);1H. The fourth-order valence-corrected chi connectivity index (χ4v) is 2.12. The molecule has 5 heteroatoms. The number of morpholine rings is 1. The molecule has 1 saturated carbocycles. The Morgan fingerprint density at radius 1 is 1.38 bits per heavy atom. The van der Waals surface area contributed by atoms with Crippen LogP contribution in [0.2, 0.25) is 0 Å². The lowest BCUT2D eigenvalue weighted by molar-refractivity contribution is 0.0662. The Balaban J connectivity index is 0.00000128. The van der Waals surface area contributed by atoms with E-state index < -0.39 is 0 Å². The van der Waals surface area contributed by atoms with Crippen LogP contribution < -0.4 is 5.73 Å². The molecule has 0 radical (unpaired) electrons. The lowest BCUT2D eigenvalue weighted by Gasteiger charge is -2.42. The number of aliphatic imine (C=N–C) groups is 1. The predicted molar refractivity (Wildman–Crippen MR) is 76.2 cm³/mol. The van der Waals surface area contributed by atoms with E-state index in [-0.39, 0.29) is 24.0 Å². The minimum absolute atomic E-state index is 0. The average molecular weight is 339 g/mol. The van der Waals surface area contributed by atoms with Gasteiger partial charge in [0.1, 0.15) is 0 Å². The van der Waals surface area contributed by atoms with Crippen molar-refractivity contribution in [1.82, 2.24) is 4.90 Å². The third-order valence-electron chi connectivity index (χ3n) is 3.59. The average Bonchev–Trinajstić information content (AvgIpc) is 2.25. The molecule has 0 amide bonds. The van der Waals surface area contributed by atoms with Crippen LogP contribution in [0.25, 0.3) is 0 Å². The van der Waals surface area contributed by atoms with E-state index in [1.165, 1.54) is 12.8 Å². The van der Waals surface area contributed by atoms with Crippen molar-refractivity contribution < 1.29 is 4.74 Å². The zero-order chi connectivity index (χ0) is 10.9. The van der Waals surface area contributed by atoms with E-state index in [4.69, 9.17) is 10.5 Å². The number of nitrogens with zero attached hydrogens (tertiary/aromatic N) is 2. The maximum absolute atomic E-state index is 6.00. The summed E-state index contributed by atoms with van der Waals surface area (Å²) < 4.78 is 5.28. The van der Waals surface area contributed by atoms with Crippen molar-refractivity contribution in [2.24, 2.45) is 16.1 Å². The number of ether oxygens (including phenoxy) is 1. The second-order valence-electron chi connectivity index (χ2n) is 5.13. The normalized spacial score (nSPS) is 29.2. The monoisotopic (exact) mass is 339 g/mol. The first-order valence-electron chi connectivity index (χ1n) is 5.75. The van der Waals surface area contributed by atoms with E-state index >= 15 is 0 Å². The molecular formula is C11H22IN3O. The van der Waals surface area contributed by atoms with Crippen LogP contribution in [0.1, 0.15) is 26.7 Å². The molecule has 1 unspecified atom stereocenters. The van der Waals surface area contributed by atoms with Crippen molar-refractivity contribution in [3.63, 3.8) is 0 Å². The molecule has 2 fully saturated rings. The third-order valence-corrected chi connectivity index (χ3v) is 3.59. The molecule has 1 heterocycles. The molecular weight excluding hydrogens is 317 g/mol. The largest absolute Gasteiger partial charge is 0.378 e. The molecule has 2 aliphatic rings. The first-order valence-corrected chi connectivity index (χ1v) is 5.75. The Morgan fingerprint density at radius 3 is 2.44 bits per heavy atom. The van der Waals surface area contributed by atoms with Crippen molar-refractivity contribution in [3.8, 4) is 0 Å². The first-order chi connectivity index (χ1) is 7.09. The summed E-state index contributed by atoms with van der Waals surface area (Å²) in [6.45, 7) is 7.81. The van der Waals surface area contributed by atoms with E-state index in [9.17, 15) is 0 Å².